The number of aryl methyl sites for hydroxylation is 1. The number of hydrogen-bond acceptors (Lipinski definition) is 3. The summed E-state index contributed by atoms with van der Waals surface area (Å²) in [7, 11) is 0. The molecule has 2 aromatic rings. The van der Waals surface area contributed by atoms with Crippen molar-refractivity contribution < 1.29 is 4.39 Å². The van der Waals surface area contributed by atoms with Crippen LogP contribution in [0.2, 0.25) is 5.28 Å². The van der Waals surface area contributed by atoms with Gasteiger partial charge in [-0.15, -0.1) is 0 Å². The smallest absolute Gasteiger partial charge is 0.224 e. The van der Waals surface area contributed by atoms with Gasteiger partial charge in [-0.05, 0) is 48.4 Å². The molecule has 0 aliphatic rings. The Morgan fingerprint density at radius 1 is 1.31 bits per heavy atom. The lowest BCUT2D eigenvalue weighted by Crippen LogP contribution is -1.95. The van der Waals surface area contributed by atoms with Crippen LogP contribution in [0.3, 0.4) is 0 Å². The SMILES string of the molecule is Cc1cc(F)cc(Nc2ccnc(Cl)n2)c1. The van der Waals surface area contributed by atoms with E-state index in [0.717, 1.165) is 5.56 Å². The first-order chi connectivity index (χ1) is 7.63. The van der Waals surface area contributed by atoms with E-state index in [1.54, 1.807) is 6.07 Å². The summed E-state index contributed by atoms with van der Waals surface area (Å²) in [4.78, 5) is 7.71. The highest BCUT2D eigenvalue weighted by atomic mass is 35.5. The monoisotopic (exact) mass is 237 g/mol. The molecular weight excluding hydrogens is 229 g/mol. The van der Waals surface area contributed by atoms with Crippen LogP contribution < -0.4 is 5.32 Å². The number of nitrogens with zero attached hydrogens (tertiary/aromatic N) is 2. The third kappa shape index (κ3) is 2.67. The summed E-state index contributed by atoms with van der Waals surface area (Å²) in [5, 5.41) is 3.10. The fraction of sp³-hybridized carbons (Fsp3) is 0.0909. The van der Waals surface area contributed by atoms with E-state index in [0.29, 0.717) is 11.5 Å². The number of anilines is 2. The van der Waals surface area contributed by atoms with Gasteiger partial charge in [-0.2, -0.15) is 0 Å². The van der Waals surface area contributed by atoms with Gasteiger partial charge in [-0.3, -0.25) is 0 Å². The molecule has 0 aliphatic carbocycles. The first-order valence-corrected chi connectivity index (χ1v) is 5.04. The lowest BCUT2D eigenvalue weighted by Gasteiger charge is -2.06. The Morgan fingerprint density at radius 2 is 2.12 bits per heavy atom. The topological polar surface area (TPSA) is 37.8 Å². The Bertz CT molecular complexity index is 496. The van der Waals surface area contributed by atoms with Crippen molar-refractivity contribution in [3.63, 3.8) is 0 Å². The second-order valence-electron chi connectivity index (χ2n) is 3.35. The molecule has 0 atom stereocenters. The van der Waals surface area contributed by atoms with Gasteiger partial charge >= 0.3 is 0 Å². The molecule has 0 aliphatic heterocycles. The molecule has 1 heterocycles. The second-order valence-corrected chi connectivity index (χ2v) is 3.69. The van der Waals surface area contributed by atoms with E-state index in [2.05, 4.69) is 15.3 Å². The summed E-state index contributed by atoms with van der Waals surface area (Å²) in [6, 6.07) is 6.33. The van der Waals surface area contributed by atoms with Crippen molar-refractivity contribution in [1.29, 1.82) is 0 Å². The molecule has 0 bridgehead atoms. The highest BCUT2D eigenvalue weighted by Crippen LogP contribution is 2.18. The van der Waals surface area contributed by atoms with Crippen LogP contribution in [0.5, 0.6) is 0 Å². The Labute approximate surface area is 97.3 Å². The molecule has 0 unspecified atom stereocenters. The van der Waals surface area contributed by atoms with Gasteiger partial charge in [0.25, 0.3) is 0 Å². The van der Waals surface area contributed by atoms with Crippen LogP contribution in [0.15, 0.2) is 30.5 Å². The molecule has 2 rings (SSSR count). The van der Waals surface area contributed by atoms with Gasteiger partial charge in [-0.1, -0.05) is 0 Å². The Hall–Kier alpha value is -1.68. The van der Waals surface area contributed by atoms with Crippen molar-refractivity contribution >= 4 is 23.1 Å². The number of rotatable bonds is 2. The second kappa shape index (κ2) is 4.45. The van der Waals surface area contributed by atoms with Crippen molar-refractivity contribution in [1.82, 2.24) is 9.97 Å². The van der Waals surface area contributed by atoms with E-state index >= 15 is 0 Å². The van der Waals surface area contributed by atoms with Crippen LogP contribution >= 0.6 is 11.6 Å². The summed E-state index contributed by atoms with van der Waals surface area (Å²) in [5.74, 6) is 0.243. The Morgan fingerprint density at radius 3 is 2.81 bits per heavy atom. The standard InChI is InChI=1S/C11H9ClFN3/c1-7-4-8(13)6-9(5-7)15-10-2-3-14-11(12)16-10/h2-6H,1H3,(H,14,15,16). The minimum atomic E-state index is -0.289. The zero-order valence-electron chi connectivity index (χ0n) is 8.54. The molecule has 0 spiro atoms. The predicted molar refractivity (Wildman–Crippen MR) is 61.5 cm³/mol. The number of nitrogens with one attached hydrogen (secondary N) is 1. The molecule has 1 aromatic carbocycles. The van der Waals surface area contributed by atoms with Crippen LogP contribution in [0.4, 0.5) is 15.9 Å². The van der Waals surface area contributed by atoms with Gasteiger partial charge in [0.15, 0.2) is 0 Å². The highest BCUT2D eigenvalue weighted by molar-refractivity contribution is 6.28. The fourth-order valence-corrected chi connectivity index (χ4v) is 1.51. The highest BCUT2D eigenvalue weighted by Gasteiger charge is 2.00. The van der Waals surface area contributed by atoms with Gasteiger partial charge in [0.05, 0.1) is 0 Å². The van der Waals surface area contributed by atoms with E-state index < -0.39 is 0 Å². The lowest BCUT2D eigenvalue weighted by molar-refractivity contribution is 0.627. The molecular formula is C11H9ClFN3. The molecule has 16 heavy (non-hydrogen) atoms. The number of halogens is 2. The van der Waals surface area contributed by atoms with E-state index in [1.165, 1.54) is 18.3 Å². The molecule has 0 saturated heterocycles. The number of hydrogen-bond donors (Lipinski definition) is 1. The van der Waals surface area contributed by atoms with E-state index in [9.17, 15) is 4.39 Å². The molecule has 1 N–H and O–H groups in total. The van der Waals surface area contributed by atoms with E-state index in [4.69, 9.17) is 11.6 Å². The Balaban J connectivity index is 2.27. The van der Waals surface area contributed by atoms with Crippen molar-refractivity contribution in [3.05, 3.63) is 47.1 Å². The summed E-state index contributed by atoms with van der Waals surface area (Å²) in [6.45, 7) is 1.82. The van der Waals surface area contributed by atoms with Crippen molar-refractivity contribution in [3.8, 4) is 0 Å². The predicted octanol–water partition coefficient (Wildman–Crippen LogP) is 3.32. The first kappa shape index (κ1) is 10.8. The van der Waals surface area contributed by atoms with Gasteiger partial charge in [0, 0.05) is 11.9 Å². The van der Waals surface area contributed by atoms with Crippen LogP contribution in [-0.4, -0.2) is 9.97 Å². The largest absolute Gasteiger partial charge is 0.340 e. The summed E-state index contributed by atoms with van der Waals surface area (Å²) >= 11 is 5.64. The van der Waals surface area contributed by atoms with Crippen molar-refractivity contribution in [2.75, 3.05) is 5.32 Å². The van der Waals surface area contributed by atoms with Gasteiger partial charge in [0.1, 0.15) is 11.6 Å². The van der Waals surface area contributed by atoms with Crippen molar-refractivity contribution in [2.24, 2.45) is 0 Å². The molecule has 82 valence electrons. The zero-order chi connectivity index (χ0) is 11.5. The third-order valence-electron chi connectivity index (χ3n) is 1.94. The lowest BCUT2D eigenvalue weighted by atomic mass is 10.2. The summed E-state index contributed by atoms with van der Waals surface area (Å²) in [5.41, 5.74) is 1.47. The molecule has 3 nitrogen and oxygen atoms in total. The molecule has 0 saturated carbocycles. The quantitative estimate of drug-likeness (QED) is 0.815. The zero-order valence-corrected chi connectivity index (χ0v) is 9.29. The molecule has 0 fully saturated rings. The maximum Gasteiger partial charge on any atom is 0.224 e. The average molecular weight is 238 g/mol. The number of benzene rings is 1. The van der Waals surface area contributed by atoms with Gasteiger partial charge < -0.3 is 5.32 Å². The van der Waals surface area contributed by atoms with Crippen LogP contribution in [-0.2, 0) is 0 Å². The van der Waals surface area contributed by atoms with E-state index in [-0.39, 0.29) is 11.1 Å². The maximum absolute atomic E-state index is 13.1. The van der Waals surface area contributed by atoms with Crippen molar-refractivity contribution in [2.45, 2.75) is 6.92 Å². The van der Waals surface area contributed by atoms with Crippen LogP contribution in [0, 0.1) is 12.7 Å². The minimum Gasteiger partial charge on any atom is -0.340 e. The molecule has 0 radical (unpaired) electrons. The third-order valence-corrected chi connectivity index (χ3v) is 2.12. The first-order valence-electron chi connectivity index (χ1n) is 4.66. The summed E-state index contributed by atoms with van der Waals surface area (Å²) in [6.07, 6.45) is 1.53. The molecule has 5 heteroatoms. The van der Waals surface area contributed by atoms with Gasteiger partial charge in [0.2, 0.25) is 5.28 Å². The van der Waals surface area contributed by atoms with Crippen LogP contribution in [0.1, 0.15) is 5.56 Å². The molecule has 0 amide bonds. The van der Waals surface area contributed by atoms with Crippen LogP contribution in [0.25, 0.3) is 0 Å². The van der Waals surface area contributed by atoms with Gasteiger partial charge in [-0.25, -0.2) is 14.4 Å². The molecule has 1 aromatic heterocycles. The fourth-order valence-electron chi connectivity index (χ4n) is 1.36. The average Bonchev–Trinajstić information content (AvgIpc) is 2.15. The maximum atomic E-state index is 13.1. The van der Waals surface area contributed by atoms with E-state index in [1.807, 2.05) is 13.0 Å². The normalized spacial score (nSPS) is 10.2. The number of aromatic nitrogens is 2. The summed E-state index contributed by atoms with van der Waals surface area (Å²) < 4.78 is 13.1. The Kier molecular flexibility index (Phi) is 3.01. The minimum absolute atomic E-state index is 0.151.